The fourth-order valence-electron chi connectivity index (χ4n) is 2.26. The molecule has 3 rings (SSSR count). The largest absolute Gasteiger partial charge is 0.273 e. The zero-order chi connectivity index (χ0) is 18.4. The SMILES string of the molecule is O=C(CCc1ccccc1F)NNC(=O)c1ccc(-n2cnnn2)cc1. The number of nitrogens with one attached hydrogen (secondary N) is 2. The summed E-state index contributed by atoms with van der Waals surface area (Å²) >= 11 is 0. The molecule has 8 nitrogen and oxygen atoms in total. The van der Waals surface area contributed by atoms with E-state index in [0.717, 1.165) is 0 Å². The highest BCUT2D eigenvalue weighted by molar-refractivity contribution is 5.95. The first kappa shape index (κ1) is 17.2. The second-order valence-corrected chi connectivity index (χ2v) is 5.39. The third-order valence-electron chi connectivity index (χ3n) is 3.64. The first-order valence-corrected chi connectivity index (χ1v) is 7.79. The molecule has 9 heteroatoms. The number of hydrazine groups is 1. The van der Waals surface area contributed by atoms with E-state index in [2.05, 4.69) is 26.4 Å². The number of rotatable bonds is 5. The van der Waals surface area contributed by atoms with Crippen LogP contribution in [-0.2, 0) is 11.2 Å². The highest BCUT2D eigenvalue weighted by Gasteiger charge is 2.09. The minimum atomic E-state index is -0.465. The van der Waals surface area contributed by atoms with Crippen LogP contribution in [0.1, 0.15) is 22.3 Å². The first-order valence-electron chi connectivity index (χ1n) is 7.79. The van der Waals surface area contributed by atoms with Crippen LogP contribution >= 0.6 is 0 Å². The van der Waals surface area contributed by atoms with Gasteiger partial charge in [0, 0.05) is 12.0 Å². The Balaban J connectivity index is 1.49. The highest BCUT2D eigenvalue weighted by atomic mass is 19.1. The molecule has 0 aliphatic rings. The molecule has 0 saturated heterocycles. The van der Waals surface area contributed by atoms with E-state index < -0.39 is 11.8 Å². The maximum absolute atomic E-state index is 13.5. The maximum Gasteiger partial charge on any atom is 0.269 e. The molecule has 0 saturated carbocycles. The lowest BCUT2D eigenvalue weighted by Gasteiger charge is -2.08. The highest BCUT2D eigenvalue weighted by Crippen LogP contribution is 2.09. The standard InChI is InChI=1S/C17H15FN6O2/c18-15-4-2-1-3-12(15)7-10-16(25)20-21-17(26)13-5-8-14(9-6-13)24-11-19-22-23-24/h1-6,8-9,11H,7,10H2,(H,20,25)(H,21,26). The number of aromatic nitrogens is 4. The number of nitrogens with zero attached hydrogens (tertiary/aromatic N) is 4. The fraction of sp³-hybridized carbons (Fsp3) is 0.118. The van der Waals surface area contributed by atoms with Gasteiger partial charge in [0.2, 0.25) is 5.91 Å². The van der Waals surface area contributed by atoms with E-state index in [1.54, 1.807) is 42.5 Å². The quantitative estimate of drug-likeness (QED) is 0.670. The summed E-state index contributed by atoms with van der Waals surface area (Å²) in [5.74, 6) is -1.23. The minimum Gasteiger partial charge on any atom is -0.273 e. The van der Waals surface area contributed by atoms with E-state index >= 15 is 0 Å². The molecule has 2 amide bonds. The normalized spacial score (nSPS) is 10.3. The Kier molecular flexibility index (Phi) is 5.28. The Morgan fingerprint density at radius 3 is 2.50 bits per heavy atom. The van der Waals surface area contributed by atoms with Gasteiger partial charge in [0.1, 0.15) is 12.1 Å². The fourth-order valence-corrected chi connectivity index (χ4v) is 2.26. The molecule has 0 bridgehead atoms. The molecule has 0 aliphatic heterocycles. The minimum absolute atomic E-state index is 0.0550. The van der Waals surface area contributed by atoms with Crippen molar-refractivity contribution in [3.63, 3.8) is 0 Å². The van der Waals surface area contributed by atoms with Gasteiger partial charge in [0.05, 0.1) is 5.69 Å². The summed E-state index contributed by atoms with van der Waals surface area (Å²) in [5, 5.41) is 10.8. The predicted molar refractivity (Wildman–Crippen MR) is 89.5 cm³/mol. The summed E-state index contributed by atoms with van der Waals surface area (Å²) in [6.45, 7) is 0. The predicted octanol–water partition coefficient (Wildman–Crippen LogP) is 1.20. The van der Waals surface area contributed by atoms with Crippen LogP contribution in [-0.4, -0.2) is 32.0 Å². The van der Waals surface area contributed by atoms with Crippen molar-refractivity contribution in [2.75, 3.05) is 0 Å². The van der Waals surface area contributed by atoms with Crippen molar-refractivity contribution >= 4 is 11.8 Å². The van der Waals surface area contributed by atoms with Gasteiger partial charge in [-0.2, -0.15) is 0 Å². The molecule has 0 radical (unpaired) electrons. The number of halogens is 1. The van der Waals surface area contributed by atoms with Crippen LogP contribution in [0.25, 0.3) is 5.69 Å². The molecule has 2 N–H and O–H groups in total. The van der Waals surface area contributed by atoms with E-state index in [4.69, 9.17) is 0 Å². The number of benzene rings is 2. The van der Waals surface area contributed by atoms with Crippen LogP contribution < -0.4 is 10.9 Å². The number of amides is 2. The second-order valence-electron chi connectivity index (χ2n) is 5.39. The van der Waals surface area contributed by atoms with Gasteiger partial charge in [-0.05, 0) is 52.7 Å². The van der Waals surface area contributed by atoms with Crippen molar-refractivity contribution in [2.45, 2.75) is 12.8 Å². The molecule has 0 atom stereocenters. The summed E-state index contributed by atoms with van der Waals surface area (Å²) in [6.07, 6.45) is 1.74. The Labute approximate surface area is 148 Å². The van der Waals surface area contributed by atoms with Gasteiger partial charge in [0.15, 0.2) is 0 Å². The number of carbonyl (C=O) groups is 2. The molecule has 0 fully saturated rings. The van der Waals surface area contributed by atoms with Gasteiger partial charge >= 0.3 is 0 Å². The number of hydrogen-bond acceptors (Lipinski definition) is 5. The van der Waals surface area contributed by atoms with Crippen molar-refractivity contribution in [1.82, 2.24) is 31.1 Å². The lowest BCUT2D eigenvalue weighted by atomic mass is 10.1. The molecule has 0 aliphatic carbocycles. The summed E-state index contributed by atoms with van der Waals surface area (Å²) in [5.41, 5.74) is 6.14. The maximum atomic E-state index is 13.5. The smallest absolute Gasteiger partial charge is 0.269 e. The number of hydrogen-bond donors (Lipinski definition) is 2. The van der Waals surface area contributed by atoms with E-state index in [0.29, 0.717) is 16.8 Å². The monoisotopic (exact) mass is 354 g/mol. The Bertz CT molecular complexity index is 896. The topological polar surface area (TPSA) is 102 Å². The van der Waals surface area contributed by atoms with E-state index in [1.807, 2.05) is 0 Å². The third kappa shape index (κ3) is 4.26. The van der Waals surface area contributed by atoms with E-state index in [1.165, 1.54) is 17.1 Å². The number of carbonyl (C=O) groups excluding carboxylic acids is 2. The molecular formula is C17H15FN6O2. The average Bonchev–Trinajstić information content (AvgIpc) is 3.20. The van der Waals surface area contributed by atoms with Gasteiger partial charge in [-0.25, -0.2) is 9.07 Å². The van der Waals surface area contributed by atoms with Gasteiger partial charge in [0.25, 0.3) is 5.91 Å². The van der Waals surface area contributed by atoms with Crippen molar-refractivity contribution in [2.24, 2.45) is 0 Å². The van der Waals surface area contributed by atoms with Crippen LogP contribution in [0.15, 0.2) is 54.9 Å². The van der Waals surface area contributed by atoms with Gasteiger partial charge in [-0.3, -0.25) is 20.4 Å². The summed E-state index contributed by atoms with van der Waals surface area (Å²) < 4.78 is 14.9. The van der Waals surface area contributed by atoms with Crippen LogP contribution in [0.4, 0.5) is 4.39 Å². The summed E-state index contributed by atoms with van der Waals surface area (Å²) in [6, 6.07) is 12.8. The number of tetrazole rings is 1. The second kappa shape index (κ2) is 7.97. The Morgan fingerprint density at radius 1 is 1.04 bits per heavy atom. The Morgan fingerprint density at radius 2 is 1.81 bits per heavy atom. The van der Waals surface area contributed by atoms with Gasteiger partial charge < -0.3 is 0 Å². The molecule has 1 aromatic heterocycles. The molecule has 3 aromatic rings. The van der Waals surface area contributed by atoms with Crippen LogP contribution in [0.2, 0.25) is 0 Å². The zero-order valence-electron chi connectivity index (χ0n) is 13.6. The third-order valence-corrected chi connectivity index (χ3v) is 3.64. The molecular weight excluding hydrogens is 339 g/mol. The first-order chi connectivity index (χ1) is 12.6. The molecule has 26 heavy (non-hydrogen) atoms. The van der Waals surface area contributed by atoms with E-state index in [-0.39, 0.29) is 18.7 Å². The average molecular weight is 354 g/mol. The lowest BCUT2D eigenvalue weighted by molar-refractivity contribution is -0.121. The molecule has 0 spiro atoms. The lowest BCUT2D eigenvalue weighted by Crippen LogP contribution is -2.41. The van der Waals surface area contributed by atoms with Crippen molar-refractivity contribution in [1.29, 1.82) is 0 Å². The molecule has 1 heterocycles. The van der Waals surface area contributed by atoms with Crippen molar-refractivity contribution in [3.8, 4) is 5.69 Å². The van der Waals surface area contributed by atoms with Crippen molar-refractivity contribution < 1.29 is 14.0 Å². The summed E-state index contributed by atoms with van der Waals surface area (Å²) in [4.78, 5) is 23.8. The van der Waals surface area contributed by atoms with Crippen LogP contribution in [0.5, 0.6) is 0 Å². The van der Waals surface area contributed by atoms with Crippen molar-refractivity contribution in [3.05, 3.63) is 71.8 Å². The molecule has 0 unspecified atom stereocenters. The number of aryl methyl sites for hydroxylation is 1. The zero-order valence-corrected chi connectivity index (χ0v) is 13.6. The molecule has 2 aromatic carbocycles. The van der Waals surface area contributed by atoms with Gasteiger partial charge in [-0.15, -0.1) is 5.10 Å². The summed E-state index contributed by atoms with van der Waals surface area (Å²) in [7, 11) is 0. The van der Waals surface area contributed by atoms with E-state index in [9.17, 15) is 14.0 Å². The Hall–Kier alpha value is -3.62. The van der Waals surface area contributed by atoms with Crippen LogP contribution in [0.3, 0.4) is 0 Å². The molecule has 132 valence electrons. The van der Waals surface area contributed by atoms with Gasteiger partial charge in [-0.1, -0.05) is 18.2 Å². The van der Waals surface area contributed by atoms with Crippen LogP contribution in [0, 0.1) is 5.82 Å².